The van der Waals surface area contributed by atoms with Crippen LogP contribution in [0.1, 0.15) is 31.1 Å². The number of anilines is 1. The predicted octanol–water partition coefficient (Wildman–Crippen LogP) is 2.01. The second kappa shape index (κ2) is 6.24. The van der Waals surface area contributed by atoms with Gasteiger partial charge in [-0.25, -0.2) is 0 Å². The SMILES string of the molecule is CNC(=O)c1cc(NC(=O)[C@H](N)C(C)(C)C)ccc1Cl. The Balaban J connectivity index is 2.94. The molecular formula is C14H20ClN3O2. The molecule has 0 unspecified atom stereocenters. The predicted molar refractivity (Wildman–Crippen MR) is 80.9 cm³/mol. The van der Waals surface area contributed by atoms with Gasteiger partial charge in [-0.3, -0.25) is 9.59 Å². The number of carbonyl (C=O) groups excluding carboxylic acids is 2. The summed E-state index contributed by atoms with van der Waals surface area (Å²) in [5, 5.41) is 5.50. The van der Waals surface area contributed by atoms with Crippen LogP contribution in [-0.4, -0.2) is 24.9 Å². The molecule has 0 radical (unpaired) electrons. The lowest BCUT2D eigenvalue weighted by molar-refractivity contribution is -0.119. The Labute approximate surface area is 123 Å². The fraction of sp³-hybridized carbons (Fsp3) is 0.429. The normalized spacial score (nSPS) is 12.7. The van der Waals surface area contributed by atoms with Crippen LogP contribution in [0.25, 0.3) is 0 Å². The number of hydrogen-bond acceptors (Lipinski definition) is 3. The van der Waals surface area contributed by atoms with Crippen LogP contribution in [0.2, 0.25) is 5.02 Å². The van der Waals surface area contributed by atoms with Crippen molar-refractivity contribution in [2.75, 3.05) is 12.4 Å². The molecule has 1 aromatic rings. The first kappa shape index (κ1) is 16.5. The maximum absolute atomic E-state index is 12.0. The van der Waals surface area contributed by atoms with Crippen LogP contribution in [0, 0.1) is 5.41 Å². The first-order chi connectivity index (χ1) is 9.16. The monoisotopic (exact) mass is 297 g/mol. The van der Waals surface area contributed by atoms with E-state index >= 15 is 0 Å². The smallest absolute Gasteiger partial charge is 0.252 e. The molecule has 1 rings (SSSR count). The van der Waals surface area contributed by atoms with Crippen molar-refractivity contribution in [1.82, 2.24) is 5.32 Å². The van der Waals surface area contributed by atoms with Gasteiger partial charge in [-0.15, -0.1) is 0 Å². The number of carbonyl (C=O) groups is 2. The van der Waals surface area contributed by atoms with Crippen molar-refractivity contribution < 1.29 is 9.59 Å². The number of nitrogens with two attached hydrogens (primary N) is 1. The molecule has 2 amide bonds. The lowest BCUT2D eigenvalue weighted by atomic mass is 9.87. The van der Waals surface area contributed by atoms with Crippen molar-refractivity contribution in [3.8, 4) is 0 Å². The number of amides is 2. The Morgan fingerprint density at radius 1 is 1.30 bits per heavy atom. The first-order valence-corrected chi connectivity index (χ1v) is 6.62. The largest absolute Gasteiger partial charge is 0.355 e. The maximum Gasteiger partial charge on any atom is 0.252 e. The van der Waals surface area contributed by atoms with Gasteiger partial charge >= 0.3 is 0 Å². The highest BCUT2D eigenvalue weighted by atomic mass is 35.5. The Morgan fingerprint density at radius 3 is 2.40 bits per heavy atom. The molecule has 0 fully saturated rings. The molecule has 0 saturated carbocycles. The van der Waals surface area contributed by atoms with Crippen LogP contribution in [0.5, 0.6) is 0 Å². The standard InChI is InChI=1S/C14H20ClN3O2/c1-14(2,3)11(16)13(20)18-8-5-6-10(15)9(7-8)12(19)17-4/h5-7,11H,16H2,1-4H3,(H,17,19)(H,18,20)/t11-/m0/s1. The third-order valence-corrected chi connectivity index (χ3v) is 3.25. The summed E-state index contributed by atoms with van der Waals surface area (Å²) >= 11 is 5.94. The van der Waals surface area contributed by atoms with E-state index in [2.05, 4.69) is 10.6 Å². The van der Waals surface area contributed by atoms with Gasteiger partial charge in [-0.2, -0.15) is 0 Å². The maximum atomic E-state index is 12.0. The lowest BCUT2D eigenvalue weighted by Crippen LogP contribution is -2.45. The topological polar surface area (TPSA) is 84.2 Å². The number of rotatable bonds is 3. The summed E-state index contributed by atoms with van der Waals surface area (Å²) in [7, 11) is 1.51. The second-order valence-corrected chi connectivity index (χ2v) is 6.01. The molecule has 5 nitrogen and oxygen atoms in total. The van der Waals surface area contributed by atoms with Gasteiger partial charge in [0.05, 0.1) is 16.6 Å². The average molecular weight is 298 g/mol. The van der Waals surface area contributed by atoms with Gasteiger partial charge in [0.2, 0.25) is 5.91 Å². The zero-order valence-corrected chi connectivity index (χ0v) is 12.8. The highest BCUT2D eigenvalue weighted by Crippen LogP contribution is 2.22. The number of nitrogens with one attached hydrogen (secondary N) is 2. The second-order valence-electron chi connectivity index (χ2n) is 5.61. The zero-order valence-electron chi connectivity index (χ0n) is 12.1. The molecule has 20 heavy (non-hydrogen) atoms. The quantitative estimate of drug-likeness (QED) is 0.798. The van der Waals surface area contributed by atoms with Crippen LogP contribution < -0.4 is 16.4 Å². The van der Waals surface area contributed by atoms with Crippen molar-refractivity contribution >= 4 is 29.1 Å². The molecule has 0 bridgehead atoms. The summed E-state index contributed by atoms with van der Waals surface area (Å²) in [6, 6.07) is 4.06. The van der Waals surface area contributed by atoms with E-state index in [-0.39, 0.29) is 17.2 Å². The molecule has 0 spiro atoms. The fourth-order valence-corrected chi connectivity index (χ4v) is 1.73. The van der Waals surface area contributed by atoms with Gasteiger partial charge in [-0.1, -0.05) is 32.4 Å². The molecule has 6 heteroatoms. The van der Waals surface area contributed by atoms with Gasteiger partial charge in [0.1, 0.15) is 0 Å². The molecule has 1 atom stereocenters. The van der Waals surface area contributed by atoms with Crippen LogP contribution in [0.15, 0.2) is 18.2 Å². The Hall–Kier alpha value is -1.59. The van der Waals surface area contributed by atoms with Crippen molar-refractivity contribution in [2.24, 2.45) is 11.1 Å². The summed E-state index contributed by atoms with van der Waals surface area (Å²) in [6.45, 7) is 5.65. The Morgan fingerprint density at radius 2 is 1.90 bits per heavy atom. The summed E-state index contributed by atoms with van der Waals surface area (Å²) in [4.78, 5) is 23.7. The van der Waals surface area contributed by atoms with Gasteiger partial charge < -0.3 is 16.4 Å². The minimum Gasteiger partial charge on any atom is -0.355 e. The average Bonchev–Trinajstić information content (AvgIpc) is 2.38. The molecule has 1 aromatic carbocycles. The van der Waals surface area contributed by atoms with E-state index in [1.54, 1.807) is 12.1 Å². The molecule has 4 N–H and O–H groups in total. The van der Waals surface area contributed by atoms with Crippen LogP contribution in [0.4, 0.5) is 5.69 Å². The van der Waals surface area contributed by atoms with Crippen molar-refractivity contribution in [3.05, 3.63) is 28.8 Å². The first-order valence-electron chi connectivity index (χ1n) is 6.25. The van der Waals surface area contributed by atoms with Crippen molar-refractivity contribution in [3.63, 3.8) is 0 Å². The van der Waals surface area contributed by atoms with Crippen molar-refractivity contribution in [1.29, 1.82) is 0 Å². The van der Waals surface area contributed by atoms with Crippen LogP contribution in [0.3, 0.4) is 0 Å². The van der Waals surface area contributed by atoms with Gasteiger partial charge in [-0.05, 0) is 23.6 Å². The molecule has 0 aliphatic rings. The molecule has 0 aromatic heterocycles. The fourth-order valence-electron chi connectivity index (χ4n) is 1.52. The summed E-state index contributed by atoms with van der Waals surface area (Å²) in [5.41, 5.74) is 6.32. The third kappa shape index (κ3) is 3.95. The lowest BCUT2D eigenvalue weighted by Gasteiger charge is -2.25. The number of benzene rings is 1. The minimum absolute atomic E-state index is 0.302. The highest BCUT2D eigenvalue weighted by molar-refractivity contribution is 6.34. The molecule has 110 valence electrons. The Kier molecular flexibility index (Phi) is 5.14. The zero-order chi connectivity index (χ0) is 15.5. The minimum atomic E-state index is -0.651. The molecule has 0 aliphatic heterocycles. The summed E-state index contributed by atoms with van der Waals surface area (Å²) in [6.07, 6.45) is 0. The van der Waals surface area contributed by atoms with Gasteiger partial charge in [0.25, 0.3) is 5.91 Å². The molecule has 0 heterocycles. The number of hydrogen-bond donors (Lipinski definition) is 3. The van der Waals surface area contributed by atoms with E-state index in [0.717, 1.165) is 0 Å². The van der Waals surface area contributed by atoms with E-state index in [1.165, 1.54) is 13.1 Å². The van der Waals surface area contributed by atoms with Gasteiger partial charge in [0.15, 0.2) is 0 Å². The van der Waals surface area contributed by atoms with Crippen LogP contribution >= 0.6 is 11.6 Å². The van der Waals surface area contributed by atoms with E-state index < -0.39 is 6.04 Å². The van der Waals surface area contributed by atoms with E-state index in [9.17, 15) is 9.59 Å². The van der Waals surface area contributed by atoms with E-state index in [0.29, 0.717) is 16.3 Å². The van der Waals surface area contributed by atoms with E-state index in [4.69, 9.17) is 17.3 Å². The third-order valence-electron chi connectivity index (χ3n) is 2.92. The van der Waals surface area contributed by atoms with Crippen molar-refractivity contribution in [2.45, 2.75) is 26.8 Å². The summed E-state index contributed by atoms with van der Waals surface area (Å²) < 4.78 is 0. The number of halogens is 1. The molecular weight excluding hydrogens is 278 g/mol. The Bertz CT molecular complexity index is 524. The van der Waals surface area contributed by atoms with Gasteiger partial charge in [0, 0.05) is 12.7 Å². The summed E-state index contributed by atoms with van der Waals surface area (Å²) in [5.74, 6) is -0.617. The van der Waals surface area contributed by atoms with Crippen LogP contribution in [-0.2, 0) is 4.79 Å². The highest BCUT2D eigenvalue weighted by Gasteiger charge is 2.27. The molecule has 0 aliphatic carbocycles. The van der Waals surface area contributed by atoms with E-state index in [1.807, 2.05) is 20.8 Å². The molecule has 0 saturated heterocycles.